The third kappa shape index (κ3) is 3.89. The molecule has 3 rings (SSSR count). The Bertz CT molecular complexity index is 900. The Morgan fingerprint density at radius 3 is 2.64 bits per heavy atom. The summed E-state index contributed by atoms with van der Waals surface area (Å²) in [6.07, 6.45) is 1.54. The van der Waals surface area contributed by atoms with Gasteiger partial charge in [0.25, 0.3) is 11.6 Å². The van der Waals surface area contributed by atoms with Crippen molar-refractivity contribution in [3.8, 4) is 0 Å². The molecular weight excluding hydrogens is 380 g/mol. The summed E-state index contributed by atoms with van der Waals surface area (Å²) in [7, 11) is 0. The van der Waals surface area contributed by atoms with Crippen LogP contribution in [-0.4, -0.2) is 20.1 Å². The number of halogens is 1. The van der Waals surface area contributed by atoms with Gasteiger partial charge in [0.2, 0.25) is 0 Å². The second kappa shape index (κ2) is 7.35. The van der Waals surface area contributed by atoms with Gasteiger partial charge in [0, 0.05) is 22.7 Å². The van der Waals surface area contributed by atoms with Crippen molar-refractivity contribution >= 4 is 57.6 Å². The Hall–Kier alpha value is -2.22. The number of hydrogen-bond acceptors (Lipinski definition) is 5. The molecule has 0 bridgehead atoms. The molecule has 1 fully saturated rings. The normalized spacial score (nSPS) is 15.9. The number of benzene rings is 2. The van der Waals surface area contributed by atoms with Crippen LogP contribution in [0.5, 0.6) is 0 Å². The van der Waals surface area contributed by atoms with E-state index in [0.29, 0.717) is 26.4 Å². The fourth-order valence-electron chi connectivity index (χ4n) is 2.30. The summed E-state index contributed by atoms with van der Waals surface area (Å²) in [5.41, 5.74) is 1.29. The molecule has 0 spiro atoms. The highest BCUT2D eigenvalue weighted by Crippen LogP contribution is 2.35. The van der Waals surface area contributed by atoms with Crippen LogP contribution in [0.15, 0.2) is 53.4 Å². The van der Waals surface area contributed by atoms with Gasteiger partial charge in [-0.2, -0.15) is 0 Å². The molecule has 1 heterocycles. The van der Waals surface area contributed by atoms with Gasteiger partial charge in [-0.05, 0) is 17.7 Å². The van der Waals surface area contributed by atoms with Crippen molar-refractivity contribution in [1.29, 1.82) is 0 Å². The molecule has 0 unspecified atom stereocenters. The molecule has 0 aliphatic carbocycles. The summed E-state index contributed by atoms with van der Waals surface area (Å²) in [5.74, 6) is -0.235. The number of thioether (sulfide) groups is 1. The summed E-state index contributed by atoms with van der Waals surface area (Å²) in [5, 5.41) is 11.2. The van der Waals surface area contributed by atoms with Crippen LogP contribution in [0.2, 0.25) is 5.02 Å². The van der Waals surface area contributed by atoms with Crippen molar-refractivity contribution in [2.75, 3.05) is 0 Å². The lowest BCUT2D eigenvalue weighted by molar-refractivity contribution is -0.384. The van der Waals surface area contributed by atoms with E-state index in [2.05, 4.69) is 0 Å². The van der Waals surface area contributed by atoms with Crippen molar-refractivity contribution < 1.29 is 9.72 Å². The minimum atomic E-state index is -0.506. The smallest absolute Gasteiger partial charge is 0.270 e. The van der Waals surface area contributed by atoms with Gasteiger partial charge < -0.3 is 0 Å². The molecule has 1 amide bonds. The first kappa shape index (κ1) is 17.6. The average molecular weight is 391 g/mol. The van der Waals surface area contributed by atoms with E-state index in [9.17, 15) is 14.9 Å². The number of carbonyl (C=O) groups excluding carboxylic acids is 1. The summed E-state index contributed by atoms with van der Waals surface area (Å²) in [6.45, 7) is 0.380. The van der Waals surface area contributed by atoms with Gasteiger partial charge in [0.15, 0.2) is 0 Å². The topological polar surface area (TPSA) is 63.4 Å². The van der Waals surface area contributed by atoms with E-state index >= 15 is 0 Å². The Morgan fingerprint density at radius 1 is 1.24 bits per heavy atom. The van der Waals surface area contributed by atoms with Crippen LogP contribution in [0.25, 0.3) is 6.08 Å². The molecule has 0 saturated carbocycles. The highest BCUT2D eigenvalue weighted by molar-refractivity contribution is 8.26. The number of nitro benzene ring substituents is 1. The monoisotopic (exact) mass is 390 g/mol. The van der Waals surface area contributed by atoms with E-state index in [4.69, 9.17) is 23.8 Å². The Labute approximate surface area is 158 Å². The predicted molar refractivity (Wildman–Crippen MR) is 103 cm³/mol. The number of hydrogen-bond donors (Lipinski definition) is 0. The maximum absolute atomic E-state index is 12.6. The first-order chi connectivity index (χ1) is 12.0. The van der Waals surface area contributed by atoms with Gasteiger partial charge in [-0.15, -0.1) is 0 Å². The third-order valence-corrected chi connectivity index (χ3v) is 5.26. The van der Waals surface area contributed by atoms with Crippen molar-refractivity contribution in [1.82, 2.24) is 4.90 Å². The zero-order chi connectivity index (χ0) is 18.0. The highest BCUT2D eigenvalue weighted by Gasteiger charge is 2.32. The molecule has 0 atom stereocenters. The maximum Gasteiger partial charge on any atom is 0.270 e. The minimum Gasteiger partial charge on any atom is -0.288 e. The zero-order valence-electron chi connectivity index (χ0n) is 12.7. The van der Waals surface area contributed by atoms with Gasteiger partial charge >= 0.3 is 0 Å². The Morgan fingerprint density at radius 2 is 1.96 bits per heavy atom. The summed E-state index contributed by atoms with van der Waals surface area (Å²) in [6, 6.07) is 13.6. The van der Waals surface area contributed by atoms with Gasteiger partial charge in [-0.25, -0.2) is 0 Å². The molecule has 2 aromatic rings. The molecule has 5 nitrogen and oxygen atoms in total. The van der Waals surface area contributed by atoms with Crippen molar-refractivity contribution in [2.24, 2.45) is 0 Å². The molecule has 2 aromatic carbocycles. The van der Waals surface area contributed by atoms with Gasteiger partial charge in [-0.3, -0.25) is 19.8 Å². The molecular formula is C17H11ClN2O3S2. The molecule has 126 valence electrons. The number of carbonyl (C=O) groups is 1. The number of amides is 1. The summed E-state index contributed by atoms with van der Waals surface area (Å²) >= 11 is 12.6. The van der Waals surface area contributed by atoms with E-state index < -0.39 is 4.92 Å². The minimum absolute atomic E-state index is 0.0876. The van der Waals surface area contributed by atoms with Gasteiger partial charge in [0.05, 0.1) is 16.4 Å². The molecule has 0 N–H and O–H groups in total. The Kier molecular flexibility index (Phi) is 5.17. The van der Waals surface area contributed by atoms with Crippen molar-refractivity contribution in [3.63, 3.8) is 0 Å². The van der Waals surface area contributed by atoms with E-state index in [1.165, 1.54) is 23.1 Å². The first-order valence-electron chi connectivity index (χ1n) is 7.19. The van der Waals surface area contributed by atoms with Crippen LogP contribution >= 0.6 is 35.6 Å². The van der Waals surface area contributed by atoms with E-state index in [-0.39, 0.29) is 11.6 Å². The lowest BCUT2D eigenvalue weighted by atomic mass is 10.1. The summed E-state index contributed by atoms with van der Waals surface area (Å²) < 4.78 is 0.446. The fourth-order valence-corrected chi connectivity index (χ4v) is 3.72. The van der Waals surface area contributed by atoms with Crippen LogP contribution in [0.1, 0.15) is 11.1 Å². The number of non-ortho nitro benzene ring substituents is 1. The molecule has 1 saturated heterocycles. The molecule has 0 radical (unpaired) electrons. The average Bonchev–Trinajstić information content (AvgIpc) is 2.85. The van der Waals surface area contributed by atoms with Crippen LogP contribution < -0.4 is 0 Å². The van der Waals surface area contributed by atoms with Crippen molar-refractivity contribution in [3.05, 3.63) is 79.7 Å². The lowest BCUT2D eigenvalue weighted by Gasteiger charge is -2.14. The molecule has 1 aliphatic heterocycles. The largest absolute Gasteiger partial charge is 0.288 e. The maximum atomic E-state index is 12.6. The predicted octanol–water partition coefficient (Wildman–Crippen LogP) is 4.65. The van der Waals surface area contributed by atoms with E-state index in [1.54, 1.807) is 6.08 Å². The lowest BCUT2D eigenvalue weighted by Crippen LogP contribution is -2.27. The van der Waals surface area contributed by atoms with Crippen LogP contribution in [0.3, 0.4) is 0 Å². The van der Waals surface area contributed by atoms with Gasteiger partial charge in [0.1, 0.15) is 4.32 Å². The SMILES string of the molecule is O=C1/C(=C/c2cc([N+](=O)[O-])ccc2Cl)SC(=S)N1Cc1ccccc1. The van der Waals surface area contributed by atoms with Crippen LogP contribution in [-0.2, 0) is 11.3 Å². The van der Waals surface area contributed by atoms with E-state index in [0.717, 1.165) is 17.3 Å². The quantitative estimate of drug-likeness (QED) is 0.329. The van der Waals surface area contributed by atoms with Crippen LogP contribution in [0, 0.1) is 10.1 Å². The summed E-state index contributed by atoms with van der Waals surface area (Å²) in [4.78, 5) is 24.9. The number of nitrogens with zero attached hydrogens (tertiary/aromatic N) is 2. The molecule has 0 aromatic heterocycles. The second-order valence-corrected chi connectivity index (χ2v) is 7.30. The Balaban J connectivity index is 1.88. The van der Waals surface area contributed by atoms with Crippen LogP contribution in [0.4, 0.5) is 5.69 Å². The molecule has 25 heavy (non-hydrogen) atoms. The second-order valence-electron chi connectivity index (χ2n) is 5.22. The number of thiocarbonyl (C=S) groups is 1. The number of nitro groups is 1. The molecule has 1 aliphatic rings. The van der Waals surface area contributed by atoms with Gasteiger partial charge in [-0.1, -0.05) is 65.9 Å². The fraction of sp³-hybridized carbons (Fsp3) is 0.0588. The van der Waals surface area contributed by atoms with Crippen molar-refractivity contribution in [2.45, 2.75) is 6.54 Å². The third-order valence-electron chi connectivity index (χ3n) is 3.53. The molecule has 8 heteroatoms. The number of rotatable bonds is 4. The highest BCUT2D eigenvalue weighted by atomic mass is 35.5. The van der Waals surface area contributed by atoms with E-state index in [1.807, 2.05) is 30.3 Å². The first-order valence-corrected chi connectivity index (χ1v) is 8.79. The zero-order valence-corrected chi connectivity index (χ0v) is 15.1. The standard InChI is InChI=1S/C17H11ClN2O3S2/c18-14-7-6-13(20(22)23)8-12(14)9-15-16(21)19(17(24)25-15)10-11-4-2-1-3-5-11/h1-9H,10H2/b15-9-.